The van der Waals surface area contributed by atoms with Crippen LogP contribution in [-0.4, -0.2) is 29.8 Å². The Morgan fingerprint density at radius 3 is 3.07 bits per heavy atom. The summed E-state index contributed by atoms with van der Waals surface area (Å²) in [6.45, 7) is 1.54. The molecule has 0 aromatic carbocycles. The molecule has 2 rings (SSSR count). The maximum absolute atomic E-state index is 5.01. The van der Waals surface area contributed by atoms with Gasteiger partial charge >= 0.3 is 0 Å². The van der Waals surface area contributed by atoms with E-state index in [0.29, 0.717) is 6.04 Å². The van der Waals surface area contributed by atoms with Gasteiger partial charge in [-0.2, -0.15) is 0 Å². The van der Waals surface area contributed by atoms with E-state index in [0.717, 1.165) is 19.1 Å². The summed E-state index contributed by atoms with van der Waals surface area (Å²) in [6, 6.07) is 0.651. The number of nitrogens with one attached hydrogen (secondary N) is 1. The first-order chi connectivity index (χ1) is 7.42. The Morgan fingerprint density at radius 2 is 2.33 bits per heavy atom. The van der Waals surface area contributed by atoms with Crippen molar-refractivity contribution in [2.45, 2.75) is 31.7 Å². The van der Waals surface area contributed by atoms with Gasteiger partial charge in [-0.25, -0.2) is 4.98 Å². The molecular formula is C11H19N3O. The quantitative estimate of drug-likeness (QED) is 0.754. The average Bonchev–Trinajstić information content (AvgIpc) is 2.87. The molecule has 0 unspecified atom stereocenters. The normalized spacial score (nSPS) is 17.1. The summed E-state index contributed by atoms with van der Waals surface area (Å²) in [5.74, 6) is 0.985. The van der Waals surface area contributed by atoms with Crippen molar-refractivity contribution < 1.29 is 4.74 Å². The van der Waals surface area contributed by atoms with Crippen LogP contribution >= 0.6 is 0 Å². The summed E-state index contributed by atoms with van der Waals surface area (Å²) in [4.78, 5) is 4.33. The Hall–Kier alpha value is -1.03. The molecule has 4 nitrogen and oxygen atoms in total. The molecular weight excluding hydrogens is 190 g/mol. The molecule has 1 aliphatic carbocycles. The number of hydrogen-bond donors (Lipinski definition) is 1. The van der Waals surface area contributed by atoms with E-state index in [-0.39, 0.29) is 0 Å². The van der Waals surface area contributed by atoms with Crippen LogP contribution in [0.2, 0.25) is 0 Å². The summed E-state index contributed by atoms with van der Waals surface area (Å²) in [7, 11) is 1.71. The maximum atomic E-state index is 5.01. The predicted molar refractivity (Wildman–Crippen MR) is 60.1 cm³/mol. The SMILES string of the molecule is COCCNc1nccn1C1CCCC1. The Morgan fingerprint density at radius 1 is 1.53 bits per heavy atom. The van der Waals surface area contributed by atoms with Crippen molar-refractivity contribution in [1.82, 2.24) is 9.55 Å². The molecule has 0 spiro atoms. The first kappa shape index (κ1) is 10.5. The molecule has 0 aliphatic heterocycles. The summed E-state index contributed by atoms with van der Waals surface area (Å²) in [5, 5.41) is 3.30. The average molecular weight is 209 g/mol. The molecule has 0 amide bonds. The van der Waals surface area contributed by atoms with Crippen molar-refractivity contribution in [2.75, 3.05) is 25.6 Å². The molecule has 0 saturated heterocycles. The fourth-order valence-corrected chi connectivity index (χ4v) is 2.19. The van der Waals surface area contributed by atoms with E-state index >= 15 is 0 Å². The van der Waals surface area contributed by atoms with Crippen LogP contribution in [-0.2, 0) is 4.74 Å². The molecule has 4 heteroatoms. The van der Waals surface area contributed by atoms with Crippen molar-refractivity contribution in [3.8, 4) is 0 Å². The number of anilines is 1. The highest BCUT2D eigenvalue weighted by Gasteiger charge is 2.18. The van der Waals surface area contributed by atoms with Gasteiger partial charge in [0.2, 0.25) is 5.95 Å². The van der Waals surface area contributed by atoms with Gasteiger partial charge in [-0.1, -0.05) is 12.8 Å². The zero-order valence-electron chi connectivity index (χ0n) is 9.28. The van der Waals surface area contributed by atoms with E-state index in [1.807, 2.05) is 6.20 Å². The van der Waals surface area contributed by atoms with Gasteiger partial charge in [-0.3, -0.25) is 0 Å². The van der Waals surface area contributed by atoms with Crippen molar-refractivity contribution >= 4 is 5.95 Å². The van der Waals surface area contributed by atoms with Crippen LogP contribution < -0.4 is 5.32 Å². The van der Waals surface area contributed by atoms with E-state index < -0.39 is 0 Å². The summed E-state index contributed by atoms with van der Waals surface area (Å²) in [6.07, 6.45) is 9.21. The van der Waals surface area contributed by atoms with E-state index in [9.17, 15) is 0 Å². The number of imidazole rings is 1. The fourth-order valence-electron chi connectivity index (χ4n) is 2.19. The van der Waals surface area contributed by atoms with Gasteiger partial charge in [0.25, 0.3) is 0 Å². The molecule has 1 aromatic heterocycles. The zero-order chi connectivity index (χ0) is 10.5. The minimum atomic E-state index is 0.651. The van der Waals surface area contributed by atoms with Crippen molar-refractivity contribution in [3.05, 3.63) is 12.4 Å². The molecule has 1 aromatic rings. The van der Waals surface area contributed by atoms with Crippen LogP contribution in [0.4, 0.5) is 5.95 Å². The molecule has 1 heterocycles. The zero-order valence-corrected chi connectivity index (χ0v) is 9.28. The molecule has 0 radical (unpaired) electrons. The Kier molecular flexibility index (Phi) is 3.61. The minimum absolute atomic E-state index is 0.651. The van der Waals surface area contributed by atoms with Gasteiger partial charge in [0.15, 0.2) is 0 Å². The van der Waals surface area contributed by atoms with Crippen LogP contribution in [0.15, 0.2) is 12.4 Å². The highest BCUT2D eigenvalue weighted by Crippen LogP contribution is 2.31. The first-order valence-corrected chi connectivity index (χ1v) is 5.67. The second-order valence-corrected chi connectivity index (χ2v) is 4.02. The summed E-state index contributed by atoms with van der Waals surface area (Å²) < 4.78 is 7.27. The number of ether oxygens (including phenoxy) is 1. The van der Waals surface area contributed by atoms with Crippen LogP contribution in [0.1, 0.15) is 31.7 Å². The van der Waals surface area contributed by atoms with E-state index in [4.69, 9.17) is 4.74 Å². The molecule has 1 saturated carbocycles. The number of methoxy groups -OCH3 is 1. The summed E-state index contributed by atoms with van der Waals surface area (Å²) >= 11 is 0. The van der Waals surface area contributed by atoms with E-state index in [1.54, 1.807) is 7.11 Å². The van der Waals surface area contributed by atoms with Gasteiger partial charge in [0.05, 0.1) is 6.61 Å². The Balaban J connectivity index is 1.95. The molecule has 1 N–H and O–H groups in total. The van der Waals surface area contributed by atoms with Crippen molar-refractivity contribution in [3.63, 3.8) is 0 Å². The molecule has 15 heavy (non-hydrogen) atoms. The topological polar surface area (TPSA) is 39.1 Å². The number of nitrogens with zero attached hydrogens (tertiary/aromatic N) is 2. The third-order valence-corrected chi connectivity index (χ3v) is 2.98. The molecule has 84 valence electrons. The van der Waals surface area contributed by atoms with Gasteiger partial charge < -0.3 is 14.6 Å². The lowest BCUT2D eigenvalue weighted by molar-refractivity contribution is 0.210. The Labute approximate surface area is 90.6 Å². The first-order valence-electron chi connectivity index (χ1n) is 5.67. The number of hydrogen-bond acceptors (Lipinski definition) is 3. The predicted octanol–water partition coefficient (Wildman–Crippen LogP) is 2.06. The molecule has 0 bridgehead atoms. The third-order valence-electron chi connectivity index (χ3n) is 2.98. The van der Waals surface area contributed by atoms with Crippen LogP contribution in [0, 0.1) is 0 Å². The Bertz CT molecular complexity index is 292. The lowest BCUT2D eigenvalue weighted by atomic mass is 10.2. The lowest BCUT2D eigenvalue weighted by Crippen LogP contribution is -2.14. The van der Waals surface area contributed by atoms with Crippen molar-refractivity contribution in [2.24, 2.45) is 0 Å². The van der Waals surface area contributed by atoms with Crippen LogP contribution in [0.3, 0.4) is 0 Å². The molecule has 1 fully saturated rings. The number of aromatic nitrogens is 2. The van der Waals surface area contributed by atoms with Crippen LogP contribution in [0.25, 0.3) is 0 Å². The smallest absolute Gasteiger partial charge is 0.203 e. The molecule has 1 aliphatic rings. The lowest BCUT2D eigenvalue weighted by Gasteiger charge is -2.15. The fraction of sp³-hybridized carbons (Fsp3) is 0.727. The van der Waals surface area contributed by atoms with Gasteiger partial charge in [-0.05, 0) is 12.8 Å². The second kappa shape index (κ2) is 5.16. The molecule has 0 atom stereocenters. The standard InChI is InChI=1S/C11H19N3O/c1-15-9-7-13-11-12-6-8-14(11)10-4-2-3-5-10/h6,8,10H,2-5,7,9H2,1H3,(H,12,13). The van der Waals surface area contributed by atoms with Gasteiger partial charge in [0.1, 0.15) is 0 Å². The monoisotopic (exact) mass is 209 g/mol. The van der Waals surface area contributed by atoms with Crippen molar-refractivity contribution in [1.29, 1.82) is 0 Å². The maximum Gasteiger partial charge on any atom is 0.203 e. The highest BCUT2D eigenvalue weighted by molar-refractivity contribution is 5.26. The second-order valence-electron chi connectivity index (χ2n) is 4.02. The largest absolute Gasteiger partial charge is 0.383 e. The van der Waals surface area contributed by atoms with E-state index in [2.05, 4.69) is 21.1 Å². The van der Waals surface area contributed by atoms with E-state index in [1.165, 1.54) is 25.7 Å². The van der Waals surface area contributed by atoms with Crippen LogP contribution in [0.5, 0.6) is 0 Å². The van der Waals surface area contributed by atoms with Gasteiger partial charge in [0, 0.05) is 32.1 Å². The third kappa shape index (κ3) is 2.50. The number of rotatable bonds is 5. The van der Waals surface area contributed by atoms with Gasteiger partial charge in [-0.15, -0.1) is 0 Å². The minimum Gasteiger partial charge on any atom is -0.383 e. The summed E-state index contributed by atoms with van der Waals surface area (Å²) in [5.41, 5.74) is 0. The highest BCUT2D eigenvalue weighted by atomic mass is 16.5.